The van der Waals surface area contributed by atoms with Crippen molar-refractivity contribution in [3.8, 4) is 11.5 Å². The van der Waals surface area contributed by atoms with E-state index in [0.29, 0.717) is 13.0 Å². The van der Waals surface area contributed by atoms with Crippen molar-refractivity contribution in [3.63, 3.8) is 0 Å². The molecule has 16 heavy (non-hydrogen) atoms. The molecule has 0 radical (unpaired) electrons. The van der Waals surface area contributed by atoms with E-state index >= 15 is 0 Å². The van der Waals surface area contributed by atoms with Gasteiger partial charge < -0.3 is 9.84 Å². The quantitative estimate of drug-likeness (QED) is 0.461. The Bertz CT molecular complexity index is 334. The zero-order chi connectivity index (χ0) is 12.4. The summed E-state index contributed by atoms with van der Waals surface area (Å²) in [4.78, 5) is 11.7. The largest absolute Gasteiger partial charge is 0.465 e. The predicted octanol–water partition coefficient (Wildman–Crippen LogP) is 1.43. The number of esters is 1. The molecule has 2 atom stereocenters. The summed E-state index contributed by atoms with van der Waals surface area (Å²) in [5.41, 5.74) is 2.52. The maximum absolute atomic E-state index is 11.7. The Morgan fingerprint density at radius 2 is 2.19 bits per heavy atom. The van der Waals surface area contributed by atoms with E-state index in [1.165, 1.54) is 0 Å². The van der Waals surface area contributed by atoms with Gasteiger partial charge in [0.15, 0.2) is 0 Å². The SMILES string of the molecule is CCOC(=O)C1(CO)CC1C#C[Si](C)(C)C. The highest BCUT2D eigenvalue weighted by Gasteiger charge is 2.60. The Hall–Kier alpha value is -0.793. The Morgan fingerprint density at radius 1 is 1.56 bits per heavy atom. The third-order valence-electron chi connectivity index (χ3n) is 2.66. The number of aliphatic hydroxyl groups is 1. The van der Waals surface area contributed by atoms with Gasteiger partial charge in [0.1, 0.15) is 13.5 Å². The topological polar surface area (TPSA) is 46.5 Å². The number of rotatable bonds is 3. The van der Waals surface area contributed by atoms with Crippen LogP contribution in [0.15, 0.2) is 0 Å². The molecule has 0 aromatic heterocycles. The number of carbonyl (C=O) groups excluding carboxylic acids is 1. The lowest BCUT2D eigenvalue weighted by Crippen LogP contribution is -2.25. The van der Waals surface area contributed by atoms with Crippen LogP contribution in [-0.2, 0) is 9.53 Å². The van der Waals surface area contributed by atoms with E-state index in [-0.39, 0.29) is 18.5 Å². The van der Waals surface area contributed by atoms with E-state index in [9.17, 15) is 9.90 Å². The monoisotopic (exact) mass is 240 g/mol. The van der Waals surface area contributed by atoms with Gasteiger partial charge in [-0.25, -0.2) is 0 Å². The first kappa shape index (κ1) is 13.3. The maximum atomic E-state index is 11.7. The van der Waals surface area contributed by atoms with Crippen molar-refractivity contribution in [1.82, 2.24) is 0 Å². The van der Waals surface area contributed by atoms with E-state index < -0.39 is 13.5 Å². The van der Waals surface area contributed by atoms with Gasteiger partial charge in [-0.1, -0.05) is 19.6 Å². The van der Waals surface area contributed by atoms with Crippen molar-refractivity contribution in [3.05, 3.63) is 0 Å². The van der Waals surface area contributed by atoms with Crippen molar-refractivity contribution >= 4 is 14.0 Å². The molecule has 0 saturated heterocycles. The summed E-state index contributed by atoms with van der Waals surface area (Å²) in [6.45, 7) is 8.45. The highest BCUT2D eigenvalue weighted by atomic mass is 28.3. The molecule has 1 saturated carbocycles. The third-order valence-corrected chi connectivity index (χ3v) is 3.56. The summed E-state index contributed by atoms with van der Waals surface area (Å²) in [6, 6.07) is 0. The molecule has 0 aliphatic heterocycles. The second kappa shape index (κ2) is 4.60. The van der Waals surface area contributed by atoms with Crippen LogP contribution in [0, 0.1) is 22.8 Å². The standard InChI is InChI=1S/C12H20O3Si/c1-5-15-11(14)12(9-13)8-10(12)6-7-16(2,3)4/h10,13H,5,8-9H2,1-4H3. The Labute approximate surface area is 98.2 Å². The summed E-state index contributed by atoms with van der Waals surface area (Å²) >= 11 is 0. The van der Waals surface area contributed by atoms with Gasteiger partial charge in [-0.2, -0.15) is 0 Å². The smallest absolute Gasteiger partial charge is 0.315 e. The van der Waals surface area contributed by atoms with Gasteiger partial charge in [0.05, 0.1) is 13.2 Å². The maximum Gasteiger partial charge on any atom is 0.315 e. The highest BCUT2D eigenvalue weighted by molar-refractivity contribution is 6.83. The van der Waals surface area contributed by atoms with E-state index in [0.717, 1.165) is 0 Å². The van der Waals surface area contributed by atoms with Crippen LogP contribution in [0.1, 0.15) is 13.3 Å². The number of hydrogen-bond donors (Lipinski definition) is 1. The summed E-state index contributed by atoms with van der Waals surface area (Å²) < 4.78 is 4.97. The van der Waals surface area contributed by atoms with Gasteiger partial charge in [0, 0.05) is 5.92 Å². The molecule has 1 aliphatic carbocycles. The lowest BCUT2D eigenvalue weighted by molar-refractivity contribution is -0.151. The molecule has 0 amide bonds. The molecule has 0 heterocycles. The average Bonchev–Trinajstić information content (AvgIpc) is 2.89. The Kier molecular flexibility index (Phi) is 3.82. The summed E-state index contributed by atoms with van der Waals surface area (Å²) in [5, 5.41) is 9.30. The number of aliphatic hydroxyl groups excluding tert-OH is 1. The first-order valence-electron chi connectivity index (χ1n) is 5.66. The van der Waals surface area contributed by atoms with E-state index in [1.54, 1.807) is 6.92 Å². The van der Waals surface area contributed by atoms with Crippen molar-refractivity contribution in [1.29, 1.82) is 0 Å². The fourth-order valence-corrected chi connectivity index (χ4v) is 2.15. The lowest BCUT2D eigenvalue weighted by Gasteiger charge is -2.10. The van der Waals surface area contributed by atoms with Crippen LogP contribution < -0.4 is 0 Å². The van der Waals surface area contributed by atoms with Gasteiger partial charge in [0.25, 0.3) is 0 Å². The van der Waals surface area contributed by atoms with Crippen molar-refractivity contribution < 1.29 is 14.6 Å². The van der Waals surface area contributed by atoms with Crippen LogP contribution in [-0.4, -0.2) is 32.4 Å². The number of carbonyl (C=O) groups is 1. The van der Waals surface area contributed by atoms with Gasteiger partial charge in [-0.15, -0.1) is 11.5 Å². The van der Waals surface area contributed by atoms with Crippen molar-refractivity contribution in [2.75, 3.05) is 13.2 Å². The molecular weight excluding hydrogens is 220 g/mol. The molecule has 2 unspecified atom stereocenters. The molecule has 90 valence electrons. The van der Waals surface area contributed by atoms with E-state index in [1.807, 2.05) is 0 Å². The van der Waals surface area contributed by atoms with E-state index in [4.69, 9.17) is 4.74 Å². The van der Waals surface area contributed by atoms with Gasteiger partial charge >= 0.3 is 5.97 Å². The molecule has 1 aliphatic rings. The molecule has 3 nitrogen and oxygen atoms in total. The number of ether oxygens (including phenoxy) is 1. The van der Waals surface area contributed by atoms with Crippen molar-refractivity contribution in [2.24, 2.45) is 11.3 Å². The second-order valence-electron chi connectivity index (χ2n) is 5.31. The molecule has 0 spiro atoms. The molecule has 0 aromatic carbocycles. The van der Waals surface area contributed by atoms with Gasteiger partial charge in [-0.05, 0) is 13.3 Å². The van der Waals surface area contributed by atoms with Crippen LogP contribution in [0.5, 0.6) is 0 Å². The fraction of sp³-hybridized carbons (Fsp3) is 0.750. The molecule has 1 rings (SSSR count). The first-order chi connectivity index (χ1) is 7.35. The van der Waals surface area contributed by atoms with Crippen LogP contribution in [0.3, 0.4) is 0 Å². The first-order valence-corrected chi connectivity index (χ1v) is 9.16. The molecule has 1 N–H and O–H groups in total. The minimum Gasteiger partial charge on any atom is -0.465 e. The predicted molar refractivity (Wildman–Crippen MR) is 65.4 cm³/mol. The van der Waals surface area contributed by atoms with Crippen LogP contribution in [0.25, 0.3) is 0 Å². The van der Waals surface area contributed by atoms with Gasteiger partial charge in [-0.3, -0.25) is 4.79 Å². The second-order valence-corrected chi connectivity index (χ2v) is 10.1. The fourth-order valence-electron chi connectivity index (χ4n) is 1.54. The summed E-state index contributed by atoms with van der Waals surface area (Å²) in [7, 11) is -1.40. The van der Waals surface area contributed by atoms with Crippen LogP contribution >= 0.6 is 0 Å². The normalized spacial score (nSPS) is 27.9. The van der Waals surface area contributed by atoms with Gasteiger partial charge in [0.2, 0.25) is 0 Å². The molecule has 0 aromatic rings. The highest BCUT2D eigenvalue weighted by Crippen LogP contribution is 2.52. The molecule has 4 heteroatoms. The van der Waals surface area contributed by atoms with Crippen molar-refractivity contribution in [2.45, 2.75) is 33.0 Å². The Balaban J connectivity index is 2.68. The molecule has 1 fully saturated rings. The minimum atomic E-state index is -1.40. The minimum absolute atomic E-state index is 0.0109. The average molecular weight is 240 g/mol. The molecule has 0 bridgehead atoms. The zero-order valence-corrected chi connectivity index (χ0v) is 11.5. The Morgan fingerprint density at radius 3 is 2.62 bits per heavy atom. The zero-order valence-electron chi connectivity index (χ0n) is 10.5. The van der Waals surface area contributed by atoms with Crippen LogP contribution in [0.4, 0.5) is 0 Å². The number of hydrogen-bond acceptors (Lipinski definition) is 3. The third kappa shape index (κ3) is 2.87. The summed E-state index contributed by atoms with van der Waals surface area (Å²) in [6.07, 6.45) is 0.639. The molecular formula is C12H20O3Si. The lowest BCUT2D eigenvalue weighted by atomic mass is 10.1. The van der Waals surface area contributed by atoms with Crippen LogP contribution in [0.2, 0.25) is 19.6 Å². The van der Waals surface area contributed by atoms with E-state index in [2.05, 4.69) is 31.1 Å². The summed E-state index contributed by atoms with van der Waals surface area (Å²) in [5.74, 6) is 2.82.